The first-order chi connectivity index (χ1) is 8.67. The van der Waals surface area contributed by atoms with Crippen LogP contribution in [0.2, 0.25) is 0 Å². The largest absolute Gasteiger partial charge is 0.370 e. The lowest BCUT2D eigenvalue weighted by Crippen LogP contribution is -2.48. The van der Waals surface area contributed by atoms with Crippen LogP contribution in [0.25, 0.3) is 0 Å². The van der Waals surface area contributed by atoms with Crippen LogP contribution in [0.3, 0.4) is 0 Å². The standard InChI is InChI=1S/C16H26N2/c1-4-14-8-6-9-15(12-14)18-11-7-10-17-16(3,5-2)13-18/h6,8-9,12,17H,4-5,7,10-11,13H2,1-3H3. The maximum atomic E-state index is 3.69. The van der Waals surface area contributed by atoms with Gasteiger partial charge >= 0.3 is 0 Å². The molecule has 0 amide bonds. The minimum atomic E-state index is 0.249. The van der Waals surface area contributed by atoms with Gasteiger partial charge in [0.25, 0.3) is 0 Å². The lowest BCUT2D eigenvalue weighted by molar-refractivity contribution is 0.366. The summed E-state index contributed by atoms with van der Waals surface area (Å²) < 4.78 is 0. The van der Waals surface area contributed by atoms with Gasteiger partial charge in [0.15, 0.2) is 0 Å². The molecule has 1 atom stereocenters. The molecule has 2 rings (SSSR count). The van der Waals surface area contributed by atoms with E-state index in [1.54, 1.807) is 0 Å². The number of anilines is 1. The SMILES string of the molecule is CCc1cccc(N2CCCNC(C)(CC)C2)c1. The Morgan fingerprint density at radius 2 is 2.17 bits per heavy atom. The highest BCUT2D eigenvalue weighted by molar-refractivity contribution is 5.49. The Morgan fingerprint density at radius 1 is 1.33 bits per heavy atom. The van der Waals surface area contributed by atoms with E-state index >= 15 is 0 Å². The van der Waals surface area contributed by atoms with Crippen molar-refractivity contribution >= 4 is 5.69 Å². The molecule has 0 bridgehead atoms. The van der Waals surface area contributed by atoms with Crippen LogP contribution in [0, 0.1) is 0 Å². The van der Waals surface area contributed by atoms with Crippen LogP contribution in [-0.4, -0.2) is 25.2 Å². The molecule has 1 heterocycles. The number of benzene rings is 1. The maximum absolute atomic E-state index is 3.69. The summed E-state index contributed by atoms with van der Waals surface area (Å²) in [6, 6.07) is 9.01. The Bertz CT molecular complexity index is 388. The van der Waals surface area contributed by atoms with Crippen LogP contribution >= 0.6 is 0 Å². The van der Waals surface area contributed by atoms with Crippen molar-refractivity contribution in [2.75, 3.05) is 24.5 Å². The predicted molar refractivity (Wildman–Crippen MR) is 79.3 cm³/mol. The molecule has 0 spiro atoms. The molecule has 0 radical (unpaired) electrons. The van der Waals surface area contributed by atoms with E-state index in [2.05, 4.69) is 55.3 Å². The molecular weight excluding hydrogens is 220 g/mol. The van der Waals surface area contributed by atoms with Crippen molar-refractivity contribution in [3.63, 3.8) is 0 Å². The first-order valence-electron chi connectivity index (χ1n) is 7.26. The van der Waals surface area contributed by atoms with Crippen LogP contribution < -0.4 is 10.2 Å². The molecule has 1 aromatic rings. The van der Waals surface area contributed by atoms with E-state index in [0.717, 1.165) is 26.1 Å². The Hall–Kier alpha value is -1.02. The van der Waals surface area contributed by atoms with Crippen molar-refractivity contribution in [1.29, 1.82) is 0 Å². The first kappa shape index (κ1) is 13.4. The summed E-state index contributed by atoms with van der Waals surface area (Å²) in [4.78, 5) is 2.54. The smallest absolute Gasteiger partial charge is 0.0369 e. The summed E-state index contributed by atoms with van der Waals surface area (Å²) in [5.74, 6) is 0. The van der Waals surface area contributed by atoms with Gasteiger partial charge in [-0.1, -0.05) is 26.0 Å². The van der Waals surface area contributed by atoms with E-state index < -0.39 is 0 Å². The van der Waals surface area contributed by atoms with Gasteiger partial charge in [-0.25, -0.2) is 0 Å². The monoisotopic (exact) mass is 246 g/mol. The van der Waals surface area contributed by atoms with Crippen molar-refractivity contribution in [1.82, 2.24) is 5.32 Å². The van der Waals surface area contributed by atoms with E-state index in [1.165, 1.54) is 24.1 Å². The zero-order valence-electron chi connectivity index (χ0n) is 12.0. The van der Waals surface area contributed by atoms with Crippen LogP contribution in [0.4, 0.5) is 5.69 Å². The van der Waals surface area contributed by atoms with Crippen molar-refractivity contribution in [3.8, 4) is 0 Å². The van der Waals surface area contributed by atoms with Crippen molar-refractivity contribution in [2.24, 2.45) is 0 Å². The van der Waals surface area contributed by atoms with Gasteiger partial charge in [-0.05, 0) is 50.4 Å². The molecule has 0 aliphatic carbocycles. The molecule has 2 nitrogen and oxygen atoms in total. The normalized spacial score (nSPS) is 24.9. The van der Waals surface area contributed by atoms with Gasteiger partial charge in [-0.3, -0.25) is 0 Å². The Labute approximate surface area is 111 Å². The van der Waals surface area contributed by atoms with Gasteiger partial charge in [0.05, 0.1) is 0 Å². The van der Waals surface area contributed by atoms with Gasteiger partial charge < -0.3 is 10.2 Å². The lowest BCUT2D eigenvalue weighted by Gasteiger charge is -2.34. The Balaban J connectivity index is 2.19. The molecular formula is C16H26N2. The molecule has 1 fully saturated rings. The minimum Gasteiger partial charge on any atom is -0.370 e. The van der Waals surface area contributed by atoms with E-state index in [9.17, 15) is 0 Å². The number of hydrogen-bond donors (Lipinski definition) is 1. The van der Waals surface area contributed by atoms with Crippen molar-refractivity contribution in [3.05, 3.63) is 29.8 Å². The third-order valence-electron chi connectivity index (χ3n) is 4.16. The molecule has 1 aliphatic heterocycles. The van der Waals surface area contributed by atoms with Gasteiger partial charge in [-0.15, -0.1) is 0 Å². The second kappa shape index (κ2) is 5.75. The van der Waals surface area contributed by atoms with E-state index in [1.807, 2.05) is 0 Å². The van der Waals surface area contributed by atoms with Gasteiger partial charge in [0.2, 0.25) is 0 Å². The van der Waals surface area contributed by atoms with Crippen LogP contribution in [-0.2, 0) is 6.42 Å². The third kappa shape index (κ3) is 3.05. The van der Waals surface area contributed by atoms with E-state index in [0.29, 0.717) is 0 Å². The molecule has 1 aromatic carbocycles. The zero-order valence-corrected chi connectivity index (χ0v) is 12.0. The Morgan fingerprint density at radius 3 is 2.89 bits per heavy atom. The molecule has 1 saturated heterocycles. The van der Waals surface area contributed by atoms with Gasteiger partial charge in [-0.2, -0.15) is 0 Å². The molecule has 1 N–H and O–H groups in total. The average molecular weight is 246 g/mol. The first-order valence-corrected chi connectivity index (χ1v) is 7.26. The summed E-state index contributed by atoms with van der Waals surface area (Å²) in [6.07, 6.45) is 3.52. The molecule has 1 aliphatic rings. The molecule has 0 saturated carbocycles. The summed E-state index contributed by atoms with van der Waals surface area (Å²) in [5, 5.41) is 3.69. The summed E-state index contributed by atoms with van der Waals surface area (Å²) >= 11 is 0. The fraction of sp³-hybridized carbons (Fsp3) is 0.625. The van der Waals surface area contributed by atoms with Crippen LogP contribution in [0.5, 0.6) is 0 Å². The molecule has 18 heavy (non-hydrogen) atoms. The quantitative estimate of drug-likeness (QED) is 0.881. The average Bonchev–Trinajstić information content (AvgIpc) is 2.62. The predicted octanol–water partition coefficient (Wildman–Crippen LogP) is 3.22. The van der Waals surface area contributed by atoms with Crippen LogP contribution in [0.1, 0.15) is 39.2 Å². The highest BCUT2D eigenvalue weighted by Crippen LogP contribution is 2.22. The van der Waals surface area contributed by atoms with Crippen LogP contribution in [0.15, 0.2) is 24.3 Å². The molecule has 0 aromatic heterocycles. The number of rotatable bonds is 3. The van der Waals surface area contributed by atoms with Crippen molar-refractivity contribution < 1.29 is 0 Å². The fourth-order valence-electron chi connectivity index (χ4n) is 2.65. The number of hydrogen-bond acceptors (Lipinski definition) is 2. The van der Waals surface area contributed by atoms with E-state index in [-0.39, 0.29) is 5.54 Å². The fourth-order valence-corrected chi connectivity index (χ4v) is 2.65. The number of nitrogens with zero attached hydrogens (tertiary/aromatic N) is 1. The highest BCUT2D eigenvalue weighted by Gasteiger charge is 2.27. The Kier molecular flexibility index (Phi) is 4.28. The lowest BCUT2D eigenvalue weighted by atomic mass is 9.98. The second-order valence-electron chi connectivity index (χ2n) is 5.64. The summed E-state index contributed by atoms with van der Waals surface area (Å²) in [7, 11) is 0. The molecule has 100 valence electrons. The summed E-state index contributed by atoms with van der Waals surface area (Å²) in [6.45, 7) is 10.2. The molecule has 2 heteroatoms. The van der Waals surface area contributed by atoms with Crippen molar-refractivity contribution in [2.45, 2.75) is 45.6 Å². The number of nitrogens with one attached hydrogen (secondary N) is 1. The number of aryl methyl sites for hydroxylation is 1. The topological polar surface area (TPSA) is 15.3 Å². The van der Waals surface area contributed by atoms with E-state index in [4.69, 9.17) is 0 Å². The van der Waals surface area contributed by atoms with Gasteiger partial charge in [0.1, 0.15) is 0 Å². The second-order valence-corrected chi connectivity index (χ2v) is 5.64. The third-order valence-corrected chi connectivity index (χ3v) is 4.16. The maximum Gasteiger partial charge on any atom is 0.0369 e. The minimum absolute atomic E-state index is 0.249. The molecule has 1 unspecified atom stereocenters. The zero-order chi connectivity index (χ0) is 13.0. The highest BCUT2D eigenvalue weighted by atomic mass is 15.2. The summed E-state index contributed by atoms with van der Waals surface area (Å²) in [5.41, 5.74) is 3.07. The van der Waals surface area contributed by atoms with Gasteiger partial charge in [0, 0.05) is 24.3 Å².